The minimum absolute atomic E-state index is 0.216. The molecule has 84 valence electrons. The molecule has 0 aliphatic heterocycles. The van der Waals surface area contributed by atoms with Gasteiger partial charge in [0.2, 0.25) is 5.71 Å². The van der Waals surface area contributed by atoms with Gasteiger partial charge in [0.15, 0.2) is 5.78 Å². The van der Waals surface area contributed by atoms with Crippen molar-refractivity contribution in [2.75, 3.05) is 13.2 Å². The van der Waals surface area contributed by atoms with Gasteiger partial charge in [0.1, 0.15) is 6.61 Å². The number of ketones is 1. The molecule has 0 aromatic carbocycles. The molecule has 1 fully saturated rings. The van der Waals surface area contributed by atoms with Crippen LogP contribution in [0, 0.1) is 5.92 Å². The lowest BCUT2D eigenvalue weighted by molar-refractivity contribution is -0.136. The van der Waals surface area contributed by atoms with Gasteiger partial charge in [-0.05, 0) is 25.7 Å². The van der Waals surface area contributed by atoms with E-state index in [9.17, 15) is 9.59 Å². The van der Waals surface area contributed by atoms with E-state index in [-0.39, 0.29) is 12.3 Å². The molecule has 0 heterocycles. The van der Waals surface area contributed by atoms with Crippen LogP contribution in [-0.2, 0) is 19.2 Å². The Bertz CT molecular complexity index is 281. The molecule has 0 aromatic heterocycles. The predicted molar refractivity (Wildman–Crippen MR) is 53.4 cm³/mol. The third-order valence-electron chi connectivity index (χ3n) is 1.97. The van der Waals surface area contributed by atoms with E-state index in [1.54, 1.807) is 6.92 Å². The van der Waals surface area contributed by atoms with Gasteiger partial charge in [-0.2, -0.15) is 0 Å². The zero-order chi connectivity index (χ0) is 11.3. The highest BCUT2D eigenvalue weighted by atomic mass is 16.6. The van der Waals surface area contributed by atoms with E-state index in [2.05, 4.69) is 9.89 Å². The number of carbonyl (C=O) groups is 2. The number of Topliss-reactive ketones (excluding diaryl/α,β-unsaturated/α-hetero) is 1. The lowest BCUT2D eigenvalue weighted by atomic mass is 10.3. The highest BCUT2D eigenvalue weighted by Crippen LogP contribution is 2.28. The maximum absolute atomic E-state index is 11.2. The fourth-order valence-corrected chi connectivity index (χ4v) is 0.936. The number of nitrogens with zero attached hydrogens (tertiary/aromatic N) is 1. The number of hydrogen-bond acceptors (Lipinski definition) is 5. The molecule has 0 atom stereocenters. The van der Waals surface area contributed by atoms with Crippen LogP contribution in [0.1, 0.15) is 26.7 Å². The van der Waals surface area contributed by atoms with Gasteiger partial charge >= 0.3 is 5.97 Å². The predicted octanol–water partition coefficient (Wildman–Crippen LogP) is 0.921. The summed E-state index contributed by atoms with van der Waals surface area (Å²) in [4.78, 5) is 27.2. The first kappa shape index (κ1) is 11.7. The molecule has 1 aliphatic rings. The monoisotopic (exact) mass is 213 g/mol. The molecule has 1 aliphatic carbocycles. The largest absolute Gasteiger partial charge is 0.461 e. The zero-order valence-corrected chi connectivity index (χ0v) is 8.99. The van der Waals surface area contributed by atoms with Crippen LogP contribution in [-0.4, -0.2) is 30.7 Å². The van der Waals surface area contributed by atoms with Crippen molar-refractivity contribution in [3.05, 3.63) is 0 Å². The number of esters is 1. The van der Waals surface area contributed by atoms with Crippen molar-refractivity contribution in [1.82, 2.24) is 0 Å². The number of carbonyl (C=O) groups excluding carboxylic acids is 2. The smallest absolute Gasteiger partial charge is 0.364 e. The van der Waals surface area contributed by atoms with E-state index in [1.807, 2.05) is 0 Å². The third-order valence-corrected chi connectivity index (χ3v) is 1.97. The van der Waals surface area contributed by atoms with Gasteiger partial charge in [0.25, 0.3) is 0 Å². The molecule has 15 heavy (non-hydrogen) atoms. The standard InChI is InChI=1S/C10H15NO4/c1-3-14-10(13)9(7(2)12)11-15-6-8-4-5-8/h8H,3-6H2,1-2H3/b11-9-. The van der Waals surface area contributed by atoms with Crippen LogP contribution >= 0.6 is 0 Å². The van der Waals surface area contributed by atoms with Gasteiger partial charge in [-0.3, -0.25) is 4.79 Å². The quantitative estimate of drug-likeness (QED) is 0.285. The van der Waals surface area contributed by atoms with E-state index >= 15 is 0 Å². The minimum atomic E-state index is -0.721. The van der Waals surface area contributed by atoms with Gasteiger partial charge in [0, 0.05) is 6.92 Å². The molecule has 0 amide bonds. The van der Waals surface area contributed by atoms with E-state index in [4.69, 9.17) is 4.84 Å². The average molecular weight is 213 g/mol. The fraction of sp³-hybridized carbons (Fsp3) is 0.700. The maximum Gasteiger partial charge on any atom is 0.364 e. The van der Waals surface area contributed by atoms with Gasteiger partial charge in [-0.1, -0.05) is 5.16 Å². The number of hydrogen-bond donors (Lipinski definition) is 0. The van der Waals surface area contributed by atoms with Crippen molar-refractivity contribution < 1.29 is 19.2 Å². The summed E-state index contributed by atoms with van der Waals surface area (Å²) in [5.41, 5.74) is -0.266. The number of rotatable bonds is 6. The lowest BCUT2D eigenvalue weighted by Crippen LogP contribution is -2.24. The SMILES string of the molecule is CCOC(=O)/C(=N\OCC1CC1)C(C)=O. The summed E-state index contributed by atoms with van der Waals surface area (Å²) < 4.78 is 4.67. The molecule has 0 unspecified atom stereocenters. The van der Waals surface area contributed by atoms with Crippen LogP contribution in [0.25, 0.3) is 0 Å². The Morgan fingerprint density at radius 3 is 2.53 bits per heavy atom. The van der Waals surface area contributed by atoms with E-state index in [1.165, 1.54) is 6.92 Å². The third kappa shape index (κ3) is 4.10. The second-order valence-electron chi connectivity index (χ2n) is 3.46. The summed E-state index contributed by atoms with van der Waals surface area (Å²) in [5, 5.41) is 3.51. The van der Waals surface area contributed by atoms with Gasteiger partial charge in [-0.15, -0.1) is 0 Å². The molecule has 0 bridgehead atoms. The van der Waals surface area contributed by atoms with Crippen LogP contribution < -0.4 is 0 Å². The summed E-state index contributed by atoms with van der Waals surface area (Å²) in [6, 6.07) is 0. The summed E-state index contributed by atoms with van der Waals surface area (Å²) in [6.07, 6.45) is 2.26. The summed E-state index contributed by atoms with van der Waals surface area (Å²) in [5.74, 6) is -0.630. The summed E-state index contributed by atoms with van der Waals surface area (Å²) in [7, 11) is 0. The molecule has 0 spiro atoms. The van der Waals surface area contributed by atoms with Crippen LogP contribution in [0.15, 0.2) is 5.16 Å². The maximum atomic E-state index is 11.2. The van der Waals surface area contributed by atoms with Gasteiger partial charge < -0.3 is 9.57 Å². The van der Waals surface area contributed by atoms with Crippen LogP contribution in [0.5, 0.6) is 0 Å². The van der Waals surface area contributed by atoms with Crippen molar-refractivity contribution in [3.63, 3.8) is 0 Å². The van der Waals surface area contributed by atoms with Crippen molar-refractivity contribution in [3.8, 4) is 0 Å². The van der Waals surface area contributed by atoms with Crippen LogP contribution in [0.3, 0.4) is 0 Å². The normalized spacial score (nSPS) is 16.0. The van der Waals surface area contributed by atoms with E-state index in [0.717, 1.165) is 12.8 Å². The Morgan fingerprint density at radius 2 is 2.07 bits per heavy atom. The van der Waals surface area contributed by atoms with Crippen molar-refractivity contribution in [1.29, 1.82) is 0 Å². The Hall–Kier alpha value is -1.39. The molecular formula is C10H15NO4. The molecule has 0 saturated heterocycles. The topological polar surface area (TPSA) is 65.0 Å². The molecule has 0 N–H and O–H groups in total. The minimum Gasteiger partial charge on any atom is -0.461 e. The highest BCUT2D eigenvalue weighted by Gasteiger charge is 2.23. The highest BCUT2D eigenvalue weighted by molar-refractivity contribution is 6.63. The second kappa shape index (κ2) is 5.48. The molecule has 1 rings (SSSR count). The van der Waals surface area contributed by atoms with Crippen molar-refractivity contribution >= 4 is 17.5 Å². The summed E-state index contributed by atoms with van der Waals surface area (Å²) in [6.45, 7) is 3.61. The van der Waals surface area contributed by atoms with Crippen molar-refractivity contribution in [2.24, 2.45) is 11.1 Å². The van der Waals surface area contributed by atoms with E-state index in [0.29, 0.717) is 12.5 Å². The first-order chi connectivity index (χ1) is 7.15. The molecule has 5 heteroatoms. The molecule has 0 aromatic rings. The fourth-order valence-electron chi connectivity index (χ4n) is 0.936. The van der Waals surface area contributed by atoms with Crippen molar-refractivity contribution in [2.45, 2.75) is 26.7 Å². The van der Waals surface area contributed by atoms with Gasteiger partial charge in [0.05, 0.1) is 6.61 Å². The lowest BCUT2D eigenvalue weighted by Gasteiger charge is -2.02. The molecule has 0 radical (unpaired) electrons. The Kier molecular flexibility index (Phi) is 4.27. The first-order valence-corrected chi connectivity index (χ1v) is 5.03. The number of oxime groups is 1. The molecule has 1 saturated carbocycles. The first-order valence-electron chi connectivity index (χ1n) is 5.03. The van der Waals surface area contributed by atoms with E-state index < -0.39 is 11.8 Å². The Labute approximate surface area is 88.4 Å². The molecule has 5 nitrogen and oxygen atoms in total. The van der Waals surface area contributed by atoms with Crippen LogP contribution in [0.4, 0.5) is 0 Å². The summed E-state index contributed by atoms with van der Waals surface area (Å²) >= 11 is 0. The number of ether oxygens (including phenoxy) is 1. The van der Waals surface area contributed by atoms with Crippen LogP contribution in [0.2, 0.25) is 0 Å². The zero-order valence-electron chi connectivity index (χ0n) is 8.99. The molecular weight excluding hydrogens is 198 g/mol. The Balaban J connectivity index is 2.46. The Morgan fingerprint density at radius 1 is 1.40 bits per heavy atom. The average Bonchev–Trinajstić information content (AvgIpc) is 2.95. The van der Waals surface area contributed by atoms with Gasteiger partial charge in [-0.25, -0.2) is 4.79 Å². The second-order valence-corrected chi connectivity index (χ2v) is 3.46.